The smallest absolute Gasteiger partial charge is 0.301 e. The van der Waals surface area contributed by atoms with E-state index in [0.717, 1.165) is 10.2 Å². The SMILES string of the molecule is COc1ccc(C2/C(=C(\O)c3ccccc3)C(=O)C(=O)N2c2nc3ccccc3s2)cc1. The monoisotopic (exact) mass is 442 g/mol. The highest BCUT2D eigenvalue weighted by atomic mass is 32.1. The van der Waals surface area contributed by atoms with E-state index >= 15 is 0 Å². The number of Topliss-reactive ketones (excluding diaryl/α,β-unsaturated/α-hetero) is 1. The van der Waals surface area contributed by atoms with E-state index in [2.05, 4.69) is 4.98 Å². The van der Waals surface area contributed by atoms with Gasteiger partial charge in [-0.3, -0.25) is 14.5 Å². The third kappa shape index (κ3) is 3.23. The van der Waals surface area contributed by atoms with Crippen LogP contribution in [-0.4, -0.2) is 28.9 Å². The number of hydrogen-bond donors (Lipinski definition) is 1. The summed E-state index contributed by atoms with van der Waals surface area (Å²) >= 11 is 1.33. The predicted molar refractivity (Wildman–Crippen MR) is 124 cm³/mol. The van der Waals surface area contributed by atoms with E-state index in [-0.39, 0.29) is 11.3 Å². The second-order valence-electron chi connectivity index (χ2n) is 7.27. The Kier molecular flexibility index (Phi) is 4.95. The van der Waals surface area contributed by atoms with Crippen LogP contribution in [0.4, 0.5) is 5.13 Å². The molecular formula is C25H18N2O4S. The van der Waals surface area contributed by atoms with Gasteiger partial charge in [-0.15, -0.1) is 0 Å². The largest absolute Gasteiger partial charge is 0.507 e. The molecule has 1 unspecified atom stereocenters. The lowest BCUT2D eigenvalue weighted by Crippen LogP contribution is -2.29. The van der Waals surface area contributed by atoms with Gasteiger partial charge in [0.05, 0.1) is 28.9 Å². The first-order valence-electron chi connectivity index (χ1n) is 9.94. The molecule has 1 N–H and O–H groups in total. The molecule has 7 heteroatoms. The van der Waals surface area contributed by atoms with Crippen molar-refractivity contribution in [2.24, 2.45) is 0 Å². The van der Waals surface area contributed by atoms with Crippen molar-refractivity contribution in [3.05, 3.63) is 95.6 Å². The number of ether oxygens (including phenoxy) is 1. The third-order valence-electron chi connectivity index (χ3n) is 5.41. The van der Waals surface area contributed by atoms with Crippen molar-refractivity contribution < 1.29 is 19.4 Å². The molecular weight excluding hydrogens is 424 g/mol. The number of nitrogens with zero attached hydrogens (tertiary/aromatic N) is 2. The molecule has 0 radical (unpaired) electrons. The van der Waals surface area contributed by atoms with Crippen molar-refractivity contribution in [3.8, 4) is 5.75 Å². The number of amides is 1. The van der Waals surface area contributed by atoms with Crippen molar-refractivity contribution in [1.29, 1.82) is 0 Å². The van der Waals surface area contributed by atoms with Gasteiger partial charge in [0.25, 0.3) is 5.78 Å². The van der Waals surface area contributed by atoms with Gasteiger partial charge in [-0.25, -0.2) is 4.98 Å². The maximum Gasteiger partial charge on any atom is 0.301 e. The first-order valence-corrected chi connectivity index (χ1v) is 10.8. The summed E-state index contributed by atoms with van der Waals surface area (Å²) in [6, 6.07) is 22.6. The second kappa shape index (κ2) is 7.94. The quantitative estimate of drug-likeness (QED) is 0.275. The van der Waals surface area contributed by atoms with Gasteiger partial charge < -0.3 is 9.84 Å². The summed E-state index contributed by atoms with van der Waals surface area (Å²) in [4.78, 5) is 32.4. The summed E-state index contributed by atoms with van der Waals surface area (Å²) in [5, 5.41) is 11.5. The Labute approximate surface area is 188 Å². The Hall–Kier alpha value is -3.97. The molecule has 1 fully saturated rings. The Morgan fingerprint density at radius 3 is 2.34 bits per heavy atom. The molecule has 3 aromatic carbocycles. The van der Waals surface area contributed by atoms with E-state index in [1.54, 1.807) is 55.6 Å². The van der Waals surface area contributed by atoms with Gasteiger partial charge >= 0.3 is 5.91 Å². The summed E-state index contributed by atoms with van der Waals surface area (Å²) in [5.74, 6) is -1.03. The molecule has 4 aromatic rings. The molecule has 1 aliphatic rings. The van der Waals surface area contributed by atoms with Gasteiger partial charge in [-0.1, -0.05) is 65.9 Å². The summed E-state index contributed by atoms with van der Waals surface area (Å²) < 4.78 is 6.15. The number of benzene rings is 3. The number of aromatic nitrogens is 1. The minimum Gasteiger partial charge on any atom is -0.507 e. The van der Waals surface area contributed by atoms with Crippen LogP contribution < -0.4 is 9.64 Å². The maximum absolute atomic E-state index is 13.2. The lowest BCUT2D eigenvalue weighted by molar-refractivity contribution is -0.132. The first kappa shape index (κ1) is 20.0. The van der Waals surface area contributed by atoms with Crippen LogP contribution in [0.25, 0.3) is 16.0 Å². The lowest BCUT2D eigenvalue weighted by atomic mass is 9.95. The zero-order valence-corrected chi connectivity index (χ0v) is 17.9. The van der Waals surface area contributed by atoms with Crippen molar-refractivity contribution >= 4 is 44.1 Å². The van der Waals surface area contributed by atoms with Crippen LogP contribution in [0.5, 0.6) is 5.75 Å². The standard InChI is InChI=1S/C25H18N2O4S/c1-31-17-13-11-15(12-14-17)21-20(22(28)16-7-3-2-4-8-16)23(29)24(30)27(21)25-26-18-9-5-6-10-19(18)32-25/h2-14,21,28H,1H3/b22-20+. The number of rotatable bonds is 4. The van der Waals surface area contributed by atoms with Crippen LogP contribution in [0, 0.1) is 0 Å². The molecule has 2 heterocycles. The number of carbonyl (C=O) groups excluding carboxylic acids is 2. The Morgan fingerprint density at radius 1 is 0.969 bits per heavy atom. The number of methoxy groups -OCH3 is 1. The molecule has 1 amide bonds. The van der Waals surface area contributed by atoms with Gasteiger partial charge in [0.2, 0.25) is 0 Å². The Balaban J connectivity index is 1.72. The van der Waals surface area contributed by atoms with E-state index in [1.807, 2.05) is 30.3 Å². The fourth-order valence-electron chi connectivity index (χ4n) is 3.85. The second-order valence-corrected chi connectivity index (χ2v) is 8.28. The van der Waals surface area contributed by atoms with E-state index in [0.29, 0.717) is 22.0 Å². The molecule has 1 aliphatic heterocycles. The van der Waals surface area contributed by atoms with Crippen molar-refractivity contribution in [2.75, 3.05) is 12.0 Å². The van der Waals surface area contributed by atoms with Gasteiger partial charge in [-0.05, 0) is 29.8 Å². The van der Waals surface area contributed by atoms with Crippen LogP contribution in [0.15, 0.2) is 84.4 Å². The van der Waals surface area contributed by atoms with Gasteiger partial charge in [0.15, 0.2) is 5.13 Å². The molecule has 1 saturated heterocycles. The highest BCUT2D eigenvalue weighted by Gasteiger charge is 2.48. The molecule has 0 saturated carbocycles. The highest BCUT2D eigenvalue weighted by molar-refractivity contribution is 7.22. The molecule has 32 heavy (non-hydrogen) atoms. The number of aliphatic hydroxyl groups excluding tert-OH is 1. The summed E-state index contributed by atoms with van der Waals surface area (Å²) in [6.07, 6.45) is 0. The molecule has 0 bridgehead atoms. The van der Waals surface area contributed by atoms with Crippen molar-refractivity contribution in [1.82, 2.24) is 4.98 Å². The molecule has 5 rings (SSSR count). The van der Waals surface area contributed by atoms with Crippen molar-refractivity contribution in [2.45, 2.75) is 6.04 Å². The lowest BCUT2D eigenvalue weighted by Gasteiger charge is -2.23. The minimum absolute atomic E-state index is 0.0330. The number of para-hydroxylation sites is 1. The summed E-state index contributed by atoms with van der Waals surface area (Å²) in [7, 11) is 1.57. The number of anilines is 1. The molecule has 6 nitrogen and oxygen atoms in total. The number of aliphatic hydroxyl groups is 1. The molecule has 0 aliphatic carbocycles. The summed E-state index contributed by atoms with van der Waals surface area (Å²) in [6.45, 7) is 0. The Morgan fingerprint density at radius 2 is 1.66 bits per heavy atom. The first-order chi connectivity index (χ1) is 15.6. The van der Waals surface area contributed by atoms with E-state index in [9.17, 15) is 14.7 Å². The van der Waals surface area contributed by atoms with E-state index in [4.69, 9.17) is 4.74 Å². The van der Waals surface area contributed by atoms with Crippen LogP contribution in [0.2, 0.25) is 0 Å². The number of thiazole rings is 1. The number of carbonyl (C=O) groups is 2. The maximum atomic E-state index is 13.2. The molecule has 1 aromatic heterocycles. The number of hydrogen-bond acceptors (Lipinski definition) is 6. The van der Waals surface area contributed by atoms with Crippen LogP contribution in [0.3, 0.4) is 0 Å². The topological polar surface area (TPSA) is 79.7 Å². The highest BCUT2D eigenvalue weighted by Crippen LogP contribution is 2.44. The third-order valence-corrected chi connectivity index (χ3v) is 6.45. The van der Waals surface area contributed by atoms with Crippen molar-refractivity contribution in [3.63, 3.8) is 0 Å². The van der Waals surface area contributed by atoms with Crippen LogP contribution in [-0.2, 0) is 9.59 Å². The van der Waals surface area contributed by atoms with Gasteiger partial charge in [0.1, 0.15) is 11.5 Å². The van der Waals surface area contributed by atoms with Crippen LogP contribution in [0.1, 0.15) is 17.2 Å². The molecule has 1 atom stereocenters. The Bertz CT molecular complexity index is 1330. The average molecular weight is 442 g/mol. The normalized spacial score (nSPS) is 17.8. The zero-order valence-electron chi connectivity index (χ0n) is 17.1. The van der Waals surface area contributed by atoms with Gasteiger partial charge in [-0.2, -0.15) is 0 Å². The fraction of sp³-hybridized carbons (Fsp3) is 0.0800. The summed E-state index contributed by atoms with van der Waals surface area (Å²) in [5.41, 5.74) is 1.91. The number of ketones is 1. The van der Waals surface area contributed by atoms with Gasteiger partial charge in [0, 0.05) is 5.56 Å². The zero-order chi connectivity index (χ0) is 22.2. The van der Waals surface area contributed by atoms with Crippen LogP contribution >= 0.6 is 11.3 Å². The molecule has 158 valence electrons. The minimum atomic E-state index is -0.818. The fourth-order valence-corrected chi connectivity index (χ4v) is 4.84. The average Bonchev–Trinajstić information content (AvgIpc) is 3.38. The predicted octanol–water partition coefficient (Wildman–Crippen LogP) is 4.93. The number of fused-ring (bicyclic) bond motifs is 1. The van der Waals surface area contributed by atoms with E-state index < -0.39 is 17.7 Å². The molecule has 0 spiro atoms. The van der Waals surface area contributed by atoms with E-state index in [1.165, 1.54) is 16.2 Å².